The summed E-state index contributed by atoms with van der Waals surface area (Å²) in [5.41, 5.74) is 5.68. The highest BCUT2D eigenvalue weighted by Gasteiger charge is 2.37. The Morgan fingerprint density at radius 3 is 2.74 bits per heavy atom. The third-order valence-corrected chi connectivity index (χ3v) is 5.70. The summed E-state index contributed by atoms with van der Waals surface area (Å²) < 4.78 is 34.4. The first-order valence-corrected chi connectivity index (χ1v) is 8.61. The lowest BCUT2D eigenvalue weighted by atomic mass is 9.90. The van der Waals surface area contributed by atoms with Crippen molar-refractivity contribution in [2.75, 3.05) is 19.7 Å². The zero-order valence-corrected chi connectivity index (χ0v) is 12.4. The third kappa shape index (κ3) is 3.66. The van der Waals surface area contributed by atoms with Gasteiger partial charge in [-0.3, -0.25) is 0 Å². The highest BCUT2D eigenvalue weighted by molar-refractivity contribution is 7.87. The van der Waals surface area contributed by atoms with Crippen LogP contribution in [0.4, 0.5) is 0 Å². The lowest BCUT2D eigenvalue weighted by molar-refractivity contribution is -0.00520. The van der Waals surface area contributed by atoms with E-state index in [0.29, 0.717) is 19.7 Å². The predicted octanol–water partition coefficient (Wildman–Crippen LogP) is 0.202. The van der Waals surface area contributed by atoms with Crippen LogP contribution in [0.3, 0.4) is 0 Å². The summed E-state index contributed by atoms with van der Waals surface area (Å²) in [6.07, 6.45) is 4.60. The number of nitrogens with one attached hydrogen (secondary N) is 1. The van der Waals surface area contributed by atoms with Crippen LogP contribution in [0.2, 0.25) is 0 Å². The first-order valence-electron chi connectivity index (χ1n) is 7.17. The molecule has 0 amide bonds. The predicted molar refractivity (Wildman–Crippen MR) is 73.9 cm³/mol. The molecule has 2 fully saturated rings. The van der Waals surface area contributed by atoms with Crippen molar-refractivity contribution in [2.45, 2.75) is 57.2 Å². The van der Waals surface area contributed by atoms with Gasteiger partial charge in [0.05, 0.1) is 6.10 Å². The van der Waals surface area contributed by atoms with Gasteiger partial charge in [-0.2, -0.15) is 17.4 Å². The van der Waals surface area contributed by atoms with Crippen LogP contribution in [0.15, 0.2) is 0 Å². The lowest BCUT2D eigenvalue weighted by Crippen LogP contribution is -2.56. The van der Waals surface area contributed by atoms with Crippen LogP contribution in [0.25, 0.3) is 0 Å². The topological polar surface area (TPSA) is 84.7 Å². The molecule has 0 radical (unpaired) electrons. The van der Waals surface area contributed by atoms with E-state index in [1.807, 2.05) is 6.92 Å². The van der Waals surface area contributed by atoms with Crippen LogP contribution in [0.5, 0.6) is 0 Å². The van der Waals surface area contributed by atoms with Crippen LogP contribution in [-0.4, -0.2) is 50.6 Å². The van der Waals surface area contributed by atoms with Crippen molar-refractivity contribution < 1.29 is 13.2 Å². The summed E-state index contributed by atoms with van der Waals surface area (Å²) in [7, 11) is -3.40. The maximum absolute atomic E-state index is 12.3. The molecule has 1 saturated heterocycles. The van der Waals surface area contributed by atoms with Gasteiger partial charge in [-0.1, -0.05) is 6.42 Å². The fourth-order valence-corrected chi connectivity index (χ4v) is 4.54. The molecule has 0 aromatic heterocycles. The summed E-state index contributed by atoms with van der Waals surface area (Å²) in [5, 5.41) is 0. The molecule has 1 saturated carbocycles. The SMILES string of the molecule is CCOC1CC(NS(=O)(=O)N2CCCCC2CN)C1. The van der Waals surface area contributed by atoms with Crippen molar-refractivity contribution in [3.8, 4) is 0 Å². The fourth-order valence-electron chi connectivity index (χ4n) is 2.84. The van der Waals surface area contributed by atoms with Gasteiger partial charge in [0.1, 0.15) is 0 Å². The Labute approximate surface area is 115 Å². The zero-order valence-electron chi connectivity index (χ0n) is 11.5. The molecule has 0 aromatic rings. The lowest BCUT2D eigenvalue weighted by Gasteiger charge is -2.39. The number of hydrogen-bond acceptors (Lipinski definition) is 4. The van der Waals surface area contributed by atoms with Gasteiger partial charge < -0.3 is 10.5 Å². The second kappa shape index (κ2) is 6.49. The molecule has 0 spiro atoms. The van der Waals surface area contributed by atoms with Crippen LogP contribution >= 0.6 is 0 Å². The molecule has 6 nitrogen and oxygen atoms in total. The Kier molecular flexibility index (Phi) is 5.19. The van der Waals surface area contributed by atoms with Crippen LogP contribution in [-0.2, 0) is 14.9 Å². The molecule has 0 bridgehead atoms. The monoisotopic (exact) mass is 291 g/mol. The van der Waals surface area contributed by atoms with Crippen molar-refractivity contribution in [1.29, 1.82) is 0 Å². The van der Waals surface area contributed by atoms with E-state index in [4.69, 9.17) is 10.5 Å². The Balaban J connectivity index is 1.88. The molecule has 1 aliphatic heterocycles. The average molecular weight is 291 g/mol. The quantitative estimate of drug-likeness (QED) is 0.732. The van der Waals surface area contributed by atoms with Gasteiger partial charge in [-0.05, 0) is 32.6 Å². The molecule has 19 heavy (non-hydrogen) atoms. The maximum atomic E-state index is 12.3. The first kappa shape index (κ1) is 15.2. The van der Waals surface area contributed by atoms with Gasteiger partial charge in [0.15, 0.2) is 0 Å². The largest absolute Gasteiger partial charge is 0.378 e. The van der Waals surface area contributed by atoms with Crippen molar-refractivity contribution >= 4 is 10.2 Å². The number of rotatable bonds is 6. The Morgan fingerprint density at radius 2 is 2.11 bits per heavy atom. The average Bonchev–Trinajstić information content (AvgIpc) is 2.36. The van der Waals surface area contributed by atoms with Gasteiger partial charge in [0.2, 0.25) is 0 Å². The smallest absolute Gasteiger partial charge is 0.279 e. The molecule has 0 aromatic carbocycles. The molecule has 3 N–H and O–H groups in total. The fraction of sp³-hybridized carbons (Fsp3) is 1.00. The normalized spacial score (nSPS) is 33.1. The van der Waals surface area contributed by atoms with Gasteiger partial charge in [0.25, 0.3) is 10.2 Å². The van der Waals surface area contributed by atoms with E-state index in [1.165, 1.54) is 0 Å². The third-order valence-electron chi connectivity index (χ3n) is 3.97. The molecule has 7 heteroatoms. The second-order valence-corrected chi connectivity index (χ2v) is 7.02. The number of hydrogen-bond donors (Lipinski definition) is 2. The van der Waals surface area contributed by atoms with E-state index in [2.05, 4.69) is 4.72 Å². The summed E-state index contributed by atoms with van der Waals surface area (Å²) >= 11 is 0. The molecule has 1 aliphatic carbocycles. The van der Waals surface area contributed by atoms with Crippen LogP contribution < -0.4 is 10.5 Å². The summed E-state index contributed by atoms with van der Waals surface area (Å²) in [4.78, 5) is 0. The molecule has 1 unspecified atom stereocenters. The number of nitrogens with two attached hydrogens (primary N) is 1. The minimum Gasteiger partial charge on any atom is -0.378 e. The van der Waals surface area contributed by atoms with Crippen molar-refractivity contribution in [3.05, 3.63) is 0 Å². The van der Waals surface area contributed by atoms with Crippen LogP contribution in [0, 0.1) is 0 Å². The maximum Gasteiger partial charge on any atom is 0.279 e. The molecular weight excluding hydrogens is 266 g/mol. The summed E-state index contributed by atoms with van der Waals surface area (Å²) in [6, 6.07) is -0.0316. The standard InChI is InChI=1S/C12H25N3O3S/c1-2-18-12-7-10(8-12)14-19(16,17)15-6-4-3-5-11(15)9-13/h10-12,14H,2-9,13H2,1H3. The Hall–Kier alpha value is -0.210. The number of ether oxygens (including phenoxy) is 1. The highest BCUT2D eigenvalue weighted by Crippen LogP contribution is 2.26. The molecule has 1 heterocycles. The number of nitrogens with zero attached hydrogens (tertiary/aromatic N) is 1. The van der Waals surface area contributed by atoms with E-state index >= 15 is 0 Å². The molecular formula is C12H25N3O3S. The summed E-state index contributed by atoms with van der Waals surface area (Å²) in [5.74, 6) is 0. The van der Waals surface area contributed by atoms with Crippen molar-refractivity contribution in [3.63, 3.8) is 0 Å². The van der Waals surface area contributed by atoms with E-state index in [1.54, 1.807) is 4.31 Å². The highest BCUT2D eigenvalue weighted by atomic mass is 32.2. The van der Waals surface area contributed by atoms with Gasteiger partial charge in [-0.25, -0.2) is 0 Å². The van der Waals surface area contributed by atoms with Gasteiger partial charge in [0, 0.05) is 31.8 Å². The van der Waals surface area contributed by atoms with Gasteiger partial charge in [-0.15, -0.1) is 0 Å². The second-order valence-electron chi connectivity index (χ2n) is 5.36. The molecule has 112 valence electrons. The van der Waals surface area contributed by atoms with Crippen molar-refractivity contribution in [1.82, 2.24) is 9.03 Å². The Morgan fingerprint density at radius 1 is 1.37 bits per heavy atom. The van der Waals surface area contributed by atoms with E-state index < -0.39 is 10.2 Å². The molecule has 1 atom stereocenters. The first-order chi connectivity index (χ1) is 9.06. The minimum absolute atomic E-state index is 0.0156. The van der Waals surface area contributed by atoms with E-state index in [-0.39, 0.29) is 18.2 Å². The number of piperidine rings is 1. The minimum atomic E-state index is -3.40. The molecule has 2 rings (SSSR count). The van der Waals surface area contributed by atoms with Gasteiger partial charge >= 0.3 is 0 Å². The Bertz CT molecular complexity index is 382. The van der Waals surface area contributed by atoms with E-state index in [0.717, 1.165) is 32.1 Å². The zero-order chi connectivity index (χ0) is 13.9. The van der Waals surface area contributed by atoms with E-state index in [9.17, 15) is 8.42 Å². The van der Waals surface area contributed by atoms with Crippen molar-refractivity contribution in [2.24, 2.45) is 5.73 Å². The molecule has 2 aliphatic rings. The summed E-state index contributed by atoms with van der Waals surface area (Å²) in [6.45, 7) is 3.62. The van der Waals surface area contributed by atoms with Crippen LogP contribution in [0.1, 0.15) is 39.0 Å².